The number of aliphatic hydroxyl groups is 1. The van der Waals surface area contributed by atoms with Crippen molar-refractivity contribution < 1.29 is 9.90 Å². The van der Waals surface area contributed by atoms with Crippen LogP contribution in [-0.2, 0) is 19.4 Å². The molecule has 0 bridgehead atoms. The van der Waals surface area contributed by atoms with Crippen LogP contribution in [-0.4, -0.2) is 10.9 Å². The van der Waals surface area contributed by atoms with E-state index in [1.807, 2.05) is 24.3 Å². The molecule has 0 aromatic heterocycles. The molecule has 0 saturated heterocycles. The van der Waals surface area contributed by atoms with E-state index in [0.717, 1.165) is 47.9 Å². The molecular weight excluding hydrogens is 308 g/mol. The van der Waals surface area contributed by atoms with E-state index in [1.54, 1.807) is 6.92 Å². The minimum absolute atomic E-state index is 0.0445. The monoisotopic (exact) mass is 338 g/mol. The fourth-order valence-corrected chi connectivity index (χ4v) is 3.30. The number of carbonyl (C=O) groups excluding carboxylic acids is 1. The van der Waals surface area contributed by atoms with Crippen molar-refractivity contribution in [1.29, 1.82) is 0 Å². The highest BCUT2D eigenvalue weighted by Crippen LogP contribution is 2.31. The second kappa shape index (κ2) is 9.53. The van der Waals surface area contributed by atoms with Crippen LogP contribution in [0.3, 0.4) is 0 Å². The minimum Gasteiger partial charge on any atom is -0.392 e. The average molecular weight is 338 g/mol. The van der Waals surface area contributed by atoms with Gasteiger partial charge in [-0.3, -0.25) is 4.79 Å². The summed E-state index contributed by atoms with van der Waals surface area (Å²) in [6.45, 7) is 6.04. The molecule has 134 valence electrons. The SMILES string of the molecule is CCCCc1cc(CO)c(-c2ccc(C(C)=O)cc2)c(CCCC)c1. The van der Waals surface area contributed by atoms with Crippen LogP contribution in [0.2, 0.25) is 0 Å². The molecule has 0 aliphatic rings. The van der Waals surface area contributed by atoms with Crippen LogP contribution in [0.1, 0.15) is 73.5 Å². The molecule has 2 aromatic rings. The van der Waals surface area contributed by atoms with Gasteiger partial charge in [-0.15, -0.1) is 0 Å². The van der Waals surface area contributed by atoms with Gasteiger partial charge in [0.1, 0.15) is 0 Å². The Hall–Kier alpha value is -1.93. The Morgan fingerprint density at radius 1 is 0.920 bits per heavy atom. The molecule has 2 aromatic carbocycles. The lowest BCUT2D eigenvalue weighted by Gasteiger charge is -2.17. The summed E-state index contributed by atoms with van der Waals surface area (Å²) in [5, 5.41) is 9.97. The molecule has 2 nitrogen and oxygen atoms in total. The Balaban J connectivity index is 2.50. The molecule has 2 heteroatoms. The van der Waals surface area contributed by atoms with Gasteiger partial charge in [-0.25, -0.2) is 0 Å². The molecule has 0 aliphatic heterocycles. The van der Waals surface area contributed by atoms with Crippen LogP contribution < -0.4 is 0 Å². The van der Waals surface area contributed by atoms with Gasteiger partial charge in [0, 0.05) is 5.56 Å². The van der Waals surface area contributed by atoms with E-state index in [4.69, 9.17) is 0 Å². The van der Waals surface area contributed by atoms with Crippen LogP contribution >= 0.6 is 0 Å². The standard InChI is InChI=1S/C23H30O2/c1-4-6-8-18-14-21(9-7-5-2)23(22(15-18)16-24)20-12-10-19(11-13-20)17(3)25/h10-15,24H,4-9,16H2,1-3H3. The van der Waals surface area contributed by atoms with Gasteiger partial charge in [-0.2, -0.15) is 0 Å². The molecular formula is C23H30O2. The Morgan fingerprint density at radius 2 is 1.52 bits per heavy atom. The normalized spacial score (nSPS) is 10.9. The lowest BCUT2D eigenvalue weighted by atomic mass is 9.88. The third-order valence-electron chi connectivity index (χ3n) is 4.73. The molecule has 1 N–H and O–H groups in total. The molecule has 2 rings (SSSR count). The second-order valence-corrected chi connectivity index (χ2v) is 6.79. The van der Waals surface area contributed by atoms with Crippen molar-refractivity contribution in [3.8, 4) is 11.1 Å². The highest BCUT2D eigenvalue weighted by atomic mass is 16.3. The smallest absolute Gasteiger partial charge is 0.159 e. The first-order valence-corrected chi connectivity index (χ1v) is 9.47. The van der Waals surface area contributed by atoms with Crippen molar-refractivity contribution in [2.75, 3.05) is 0 Å². The van der Waals surface area contributed by atoms with Crippen LogP contribution in [0.25, 0.3) is 11.1 Å². The van der Waals surface area contributed by atoms with Crippen LogP contribution in [0.5, 0.6) is 0 Å². The summed E-state index contributed by atoms with van der Waals surface area (Å²) in [6.07, 6.45) is 6.72. The van der Waals surface area contributed by atoms with E-state index in [9.17, 15) is 9.90 Å². The lowest BCUT2D eigenvalue weighted by Crippen LogP contribution is -2.01. The van der Waals surface area contributed by atoms with Crippen molar-refractivity contribution in [2.45, 2.75) is 65.9 Å². The zero-order chi connectivity index (χ0) is 18.2. The summed E-state index contributed by atoms with van der Waals surface area (Å²) < 4.78 is 0. The third kappa shape index (κ3) is 5.02. The summed E-state index contributed by atoms with van der Waals surface area (Å²) in [4.78, 5) is 11.5. The zero-order valence-electron chi connectivity index (χ0n) is 15.8. The Kier molecular flexibility index (Phi) is 7.39. The van der Waals surface area contributed by atoms with Crippen LogP contribution in [0.4, 0.5) is 0 Å². The van der Waals surface area contributed by atoms with E-state index in [2.05, 4.69) is 26.0 Å². The van der Waals surface area contributed by atoms with Gasteiger partial charge in [0.15, 0.2) is 5.78 Å². The first-order valence-electron chi connectivity index (χ1n) is 9.47. The number of hydrogen-bond donors (Lipinski definition) is 1. The second-order valence-electron chi connectivity index (χ2n) is 6.79. The summed E-state index contributed by atoms with van der Waals surface area (Å²) in [7, 11) is 0. The van der Waals surface area contributed by atoms with Gasteiger partial charge in [-0.1, -0.05) is 63.1 Å². The first kappa shape index (κ1) is 19.4. The summed E-state index contributed by atoms with van der Waals surface area (Å²) in [5.41, 5.74) is 6.59. The molecule has 0 unspecified atom stereocenters. The maximum Gasteiger partial charge on any atom is 0.159 e. The van der Waals surface area contributed by atoms with E-state index in [0.29, 0.717) is 0 Å². The minimum atomic E-state index is 0.0445. The summed E-state index contributed by atoms with van der Waals surface area (Å²) in [6, 6.07) is 12.2. The van der Waals surface area contributed by atoms with Crippen molar-refractivity contribution in [3.63, 3.8) is 0 Å². The zero-order valence-corrected chi connectivity index (χ0v) is 15.8. The van der Waals surface area contributed by atoms with Crippen LogP contribution in [0, 0.1) is 0 Å². The van der Waals surface area contributed by atoms with E-state index in [-0.39, 0.29) is 12.4 Å². The Bertz CT molecular complexity index is 699. The fraction of sp³-hybridized carbons (Fsp3) is 0.435. The fourth-order valence-electron chi connectivity index (χ4n) is 3.30. The topological polar surface area (TPSA) is 37.3 Å². The predicted molar refractivity (Wildman–Crippen MR) is 105 cm³/mol. The Morgan fingerprint density at radius 3 is 2.08 bits per heavy atom. The van der Waals surface area contributed by atoms with Gasteiger partial charge in [0.25, 0.3) is 0 Å². The van der Waals surface area contributed by atoms with Crippen molar-refractivity contribution in [1.82, 2.24) is 0 Å². The number of hydrogen-bond acceptors (Lipinski definition) is 2. The number of Topliss-reactive ketones (excluding diaryl/α,β-unsaturated/α-hetero) is 1. The lowest BCUT2D eigenvalue weighted by molar-refractivity contribution is 0.101. The van der Waals surface area contributed by atoms with Crippen molar-refractivity contribution in [2.24, 2.45) is 0 Å². The number of rotatable bonds is 9. The van der Waals surface area contributed by atoms with Gasteiger partial charge in [0.05, 0.1) is 6.61 Å². The van der Waals surface area contributed by atoms with E-state index >= 15 is 0 Å². The quantitative estimate of drug-likeness (QED) is 0.592. The molecule has 0 radical (unpaired) electrons. The summed E-state index contributed by atoms with van der Waals surface area (Å²) in [5.74, 6) is 0.0788. The first-order chi connectivity index (χ1) is 12.1. The largest absolute Gasteiger partial charge is 0.392 e. The Labute approximate surface area is 151 Å². The highest BCUT2D eigenvalue weighted by molar-refractivity contribution is 5.94. The molecule has 0 fully saturated rings. The van der Waals surface area contributed by atoms with Gasteiger partial charge >= 0.3 is 0 Å². The van der Waals surface area contributed by atoms with Crippen LogP contribution in [0.15, 0.2) is 36.4 Å². The number of unbranched alkanes of at least 4 members (excludes halogenated alkanes) is 2. The molecule has 0 atom stereocenters. The molecule has 25 heavy (non-hydrogen) atoms. The summed E-state index contributed by atoms with van der Waals surface area (Å²) >= 11 is 0. The van der Waals surface area contributed by atoms with E-state index in [1.165, 1.54) is 24.0 Å². The van der Waals surface area contributed by atoms with Gasteiger partial charge in [-0.05, 0) is 60.4 Å². The number of ketones is 1. The average Bonchev–Trinajstić information content (AvgIpc) is 2.64. The van der Waals surface area contributed by atoms with Gasteiger partial charge in [0.2, 0.25) is 0 Å². The van der Waals surface area contributed by atoms with Crippen molar-refractivity contribution >= 4 is 5.78 Å². The van der Waals surface area contributed by atoms with E-state index < -0.39 is 0 Å². The molecule has 0 amide bonds. The molecule has 0 spiro atoms. The van der Waals surface area contributed by atoms with Gasteiger partial charge < -0.3 is 5.11 Å². The number of carbonyl (C=O) groups is 1. The predicted octanol–water partition coefficient (Wildman–Crippen LogP) is 5.73. The molecule has 0 aliphatic carbocycles. The number of benzene rings is 2. The maximum atomic E-state index is 11.5. The molecule has 0 heterocycles. The highest BCUT2D eigenvalue weighted by Gasteiger charge is 2.13. The van der Waals surface area contributed by atoms with Crippen molar-refractivity contribution in [3.05, 3.63) is 58.7 Å². The maximum absolute atomic E-state index is 11.5. The number of aryl methyl sites for hydroxylation is 2. The third-order valence-corrected chi connectivity index (χ3v) is 4.73. The molecule has 0 saturated carbocycles. The number of aliphatic hydroxyl groups excluding tert-OH is 1.